The van der Waals surface area contributed by atoms with Gasteiger partial charge >= 0.3 is 0 Å². The van der Waals surface area contributed by atoms with E-state index < -0.39 is 0 Å². The van der Waals surface area contributed by atoms with E-state index in [1.807, 2.05) is 0 Å². The smallest absolute Gasteiger partial charge is 0.0592 e. The molecule has 1 aliphatic heterocycles. The molecule has 1 fully saturated rings. The van der Waals surface area contributed by atoms with Gasteiger partial charge < -0.3 is 5.11 Å². The van der Waals surface area contributed by atoms with E-state index >= 15 is 0 Å². The zero-order valence-electron chi connectivity index (χ0n) is 11.6. The fourth-order valence-corrected chi connectivity index (χ4v) is 2.78. The molecule has 0 radical (unpaired) electrons. The van der Waals surface area contributed by atoms with E-state index in [-0.39, 0.29) is 6.10 Å². The molecule has 1 heterocycles. The minimum Gasteiger partial charge on any atom is -0.393 e. The molecule has 2 nitrogen and oxygen atoms in total. The third kappa shape index (κ3) is 3.33. The summed E-state index contributed by atoms with van der Waals surface area (Å²) in [5.41, 5.74) is 2.79. The summed E-state index contributed by atoms with van der Waals surface area (Å²) < 4.78 is 0. The van der Waals surface area contributed by atoms with Gasteiger partial charge in [0, 0.05) is 19.6 Å². The van der Waals surface area contributed by atoms with Crippen molar-refractivity contribution < 1.29 is 5.11 Å². The predicted molar refractivity (Wildman–Crippen MR) is 75.5 cm³/mol. The zero-order chi connectivity index (χ0) is 13.0. The van der Waals surface area contributed by atoms with E-state index in [1.54, 1.807) is 0 Å². The Morgan fingerprint density at radius 2 is 1.83 bits per heavy atom. The van der Waals surface area contributed by atoms with E-state index in [4.69, 9.17) is 0 Å². The second kappa shape index (κ2) is 6.35. The van der Waals surface area contributed by atoms with Crippen LogP contribution < -0.4 is 0 Å². The van der Waals surface area contributed by atoms with Crippen LogP contribution in [0, 0.1) is 5.92 Å². The molecule has 0 saturated carbocycles. The molecular weight excluding hydrogens is 222 g/mol. The minimum absolute atomic E-state index is 0.0892. The number of aliphatic hydroxyl groups is 1. The molecule has 18 heavy (non-hydrogen) atoms. The van der Waals surface area contributed by atoms with Crippen LogP contribution in [0.4, 0.5) is 0 Å². The molecule has 0 amide bonds. The minimum atomic E-state index is -0.0892. The van der Waals surface area contributed by atoms with Gasteiger partial charge in [0.25, 0.3) is 0 Å². The summed E-state index contributed by atoms with van der Waals surface area (Å²) in [6.07, 6.45) is 3.01. The fourth-order valence-electron chi connectivity index (χ4n) is 2.78. The second-order valence-corrected chi connectivity index (χ2v) is 5.43. The van der Waals surface area contributed by atoms with Gasteiger partial charge in [-0.3, -0.25) is 4.90 Å². The lowest BCUT2D eigenvalue weighted by Gasteiger charge is -2.35. The van der Waals surface area contributed by atoms with E-state index in [1.165, 1.54) is 11.1 Å². The normalized spacial score (nSPS) is 25.3. The second-order valence-electron chi connectivity index (χ2n) is 5.43. The average Bonchev–Trinajstić information content (AvgIpc) is 2.42. The van der Waals surface area contributed by atoms with Gasteiger partial charge in [-0.1, -0.05) is 38.1 Å². The van der Waals surface area contributed by atoms with Crippen LogP contribution in [-0.4, -0.2) is 29.2 Å². The molecule has 1 N–H and O–H groups in total. The van der Waals surface area contributed by atoms with Crippen LogP contribution in [0.2, 0.25) is 0 Å². The molecule has 0 bridgehead atoms. The quantitative estimate of drug-likeness (QED) is 0.884. The Morgan fingerprint density at radius 1 is 1.17 bits per heavy atom. The van der Waals surface area contributed by atoms with Crippen LogP contribution in [0.1, 0.15) is 37.8 Å². The summed E-state index contributed by atoms with van der Waals surface area (Å²) in [6.45, 7) is 7.44. The lowest BCUT2D eigenvalue weighted by atomic mass is 9.92. The van der Waals surface area contributed by atoms with Gasteiger partial charge in [0.15, 0.2) is 0 Å². The Bertz CT molecular complexity index is 360. The Hall–Kier alpha value is -0.860. The third-order valence-electron chi connectivity index (χ3n) is 4.14. The number of likely N-dealkylation sites (tertiary alicyclic amines) is 1. The molecule has 1 aliphatic rings. The molecule has 2 unspecified atom stereocenters. The number of rotatable bonds is 4. The van der Waals surface area contributed by atoms with Gasteiger partial charge in [-0.05, 0) is 36.3 Å². The first kappa shape index (κ1) is 13.6. The summed E-state index contributed by atoms with van der Waals surface area (Å²) in [5, 5.41) is 9.89. The molecule has 100 valence electrons. The average molecular weight is 247 g/mol. The van der Waals surface area contributed by atoms with Crippen molar-refractivity contribution in [2.75, 3.05) is 13.1 Å². The summed E-state index contributed by atoms with van der Waals surface area (Å²) >= 11 is 0. The number of nitrogens with zero attached hydrogens (tertiary/aromatic N) is 1. The first-order valence-electron chi connectivity index (χ1n) is 7.21. The standard InChI is InChI=1S/C16H25NO/c1-3-13-5-7-14(8-6-13)11-17-10-9-16(18)15(4-2)12-17/h5-8,15-16,18H,3-4,9-12H2,1-2H3. The van der Waals surface area contributed by atoms with Gasteiger partial charge in [-0.2, -0.15) is 0 Å². The lowest BCUT2D eigenvalue weighted by Crippen LogP contribution is -2.42. The van der Waals surface area contributed by atoms with Crippen molar-refractivity contribution in [2.24, 2.45) is 5.92 Å². The number of aryl methyl sites for hydroxylation is 1. The molecule has 0 spiro atoms. The Balaban J connectivity index is 1.92. The number of hydrogen-bond donors (Lipinski definition) is 1. The van der Waals surface area contributed by atoms with E-state index in [0.29, 0.717) is 5.92 Å². The van der Waals surface area contributed by atoms with Crippen molar-refractivity contribution in [1.82, 2.24) is 4.90 Å². The van der Waals surface area contributed by atoms with Crippen molar-refractivity contribution in [2.45, 2.75) is 45.8 Å². The van der Waals surface area contributed by atoms with Crippen LogP contribution in [0.15, 0.2) is 24.3 Å². The van der Waals surface area contributed by atoms with Crippen LogP contribution in [0.3, 0.4) is 0 Å². The van der Waals surface area contributed by atoms with Gasteiger partial charge in [-0.15, -0.1) is 0 Å². The number of piperidine rings is 1. The first-order chi connectivity index (χ1) is 8.72. The van der Waals surface area contributed by atoms with Crippen molar-refractivity contribution in [3.63, 3.8) is 0 Å². The largest absolute Gasteiger partial charge is 0.393 e. The Morgan fingerprint density at radius 3 is 2.44 bits per heavy atom. The lowest BCUT2D eigenvalue weighted by molar-refractivity contribution is 0.0222. The Kier molecular flexibility index (Phi) is 4.79. The molecule has 1 aromatic carbocycles. The summed E-state index contributed by atoms with van der Waals surface area (Å²) in [6, 6.07) is 8.94. The number of aliphatic hydroxyl groups excluding tert-OH is 1. The maximum atomic E-state index is 9.89. The molecule has 2 atom stereocenters. The van der Waals surface area contributed by atoms with E-state index in [0.717, 1.165) is 38.9 Å². The van der Waals surface area contributed by atoms with Crippen molar-refractivity contribution in [1.29, 1.82) is 0 Å². The van der Waals surface area contributed by atoms with Gasteiger partial charge in [-0.25, -0.2) is 0 Å². The zero-order valence-corrected chi connectivity index (χ0v) is 11.6. The molecular formula is C16H25NO. The van der Waals surface area contributed by atoms with Crippen LogP contribution in [-0.2, 0) is 13.0 Å². The van der Waals surface area contributed by atoms with Gasteiger partial charge in [0.1, 0.15) is 0 Å². The van der Waals surface area contributed by atoms with Crippen LogP contribution in [0.5, 0.6) is 0 Å². The molecule has 1 saturated heterocycles. The van der Waals surface area contributed by atoms with E-state index in [2.05, 4.69) is 43.0 Å². The summed E-state index contributed by atoms with van der Waals surface area (Å²) in [5.74, 6) is 0.452. The van der Waals surface area contributed by atoms with Crippen molar-refractivity contribution in [3.05, 3.63) is 35.4 Å². The number of hydrogen-bond acceptors (Lipinski definition) is 2. The number of benzene rings is 1. The molecule has 0 aliphatic carbocycles. The monoisotopic (exact) mass is 247 g/mol. The molecule has 2 heteroatoms. The summed E-state index contributed by atoms with van der Waals surface area (Å²) in [4.78, 5) is 2.47. The fraction of sp³-hybridized carbons (Fsp3) is 0.625. The topological polar surface area (TPSA) is 23.5 Å². The van der Waals surface area contributed by atoms with Gasteiger partial charge in [0.05, 0.1) is 6.10 Å². The molecule has 0 aromatic heterocycles. The highest BCUT2D eigenvalue weighted by Gasteiger charge is 2.25. The van der Waals surface area contributed by atoms with Crippen molar-refractivity contribution >= 4 is 0 Å². The van der Waals surface area contributed by atoms with Crippen LogP contribution >= 0.6 is 0 Å². The van der Waals surface area contributed by atoms with Crippen LogP contribution in [0.25, 0.3) is 0 Å². The third-order valence-corrected chi connectivity index (χ3v) is 4.14. The first-order valence-corrected chi connectivity index (χ1v) is 7.21. The molecule has 2 rings (SSSR count). The SMILES string of the molecule is CCc1ccc(CN2CCC(O)C(CC)C2)cc1. The van der Waals surface area contributed by atoms with Crippen molar-refractivity contribution in [3.8, 4) is 0 Å². The highest BCUT2D eigenvalue weighted by atomic mass is 16.3. The summed E-state index contributed by atoms with van der Waals surface area (Å²) in [7, 11) is 0. The molecule has 1 aromatic rings. The highest BCUT2D eigenvalue weighted by Crippen LogP contribution is 2.21. The van der Waals surface area contributed by atoms with E-state index in [9.17, 15) is 5.11 Å². The predicted octanol–water partition coefficient (Wildman–Crippen LogP) is 2.84. The maximum absolute atomic E-state index is 9.89. The Labute approximate surface area is 111 Å². The maximum Gasteiger partial charge on any atom is 0.0592 e. The van der Waals surface area contributed by atoms with Gasteiger partial charge in [0.2, 0.25) is 0 Å². The highest BCUT2D eigenvalue weighted by molar-refractivity contribution is 5.22.